The molecule has 1 aromatic heterocycles. The Labute approximate surface area is 132 Å². The second-order valence-electron chi connectivity index (χ2n) is 4.85. The van der Waals surface area contributed by atoms with Crippen LogP contribution in [0.3, 0.4) is 0 Å². The van der Waals surface area contributed by atoms with Crippen molar-refractivity contribution in [2.75, 3.05) is 0 Å². The van der Waals surface area contributed by atoms with Crippen LogP contribution in [0.25, 0.3) is 12.2 Å². The lowest BCUT2D eigenvalue weighted by Crippen LogP contribution is -2.44. The van der Waals surface area contributed by atoms with Crippen LogP contribution in [0.15, 0.2) is 33.3 Å². The summed E-state index contributed by atoms with van der Waals surface area (Å²) in [5.41, 5.74) is 6.86. The zero-order valence-corrected chi connectivity index (χ0v) is 13.2. The van der Waals surface area contributed by atoms with Gasteiger partial charge in [0.2, 0.25) is 0 Å². The SMILES string of the molecule is Cl.NC1(c2noc(/C=C/c3ccc(Br)cc3)n2)CCC1. The summed E-state index contributed by atoms with van der Waals surface area (Å²) in [6.07, 6.45) is 6.75. The quantitative estimate of drug-likeness (QED) is 0.909. The van der Waals surface area contributed by atoms with Gasteiger partial charge in [-0.15, -0.1) is 12.4 Å². The molecule has 0 atom stereocenters. The molecule has 1 aromatic carbocycles. The van der Waals surface area contributed by atoms with Crippen molar-refractivity contribution < 1.29 is 4.52 Å². The van der Waals surface area contributed by atoms with Gasteiger partial charge in [-0.2, -0.15) is 4.98 Å². The fraction of sp³-hybridized carbons (Fsp3) is 0.286. The van der Waals surface area contributed by atoms with E-state index < -0.39 is 0 Å². The van der Waals surface area contributed by atoms with E-state index in [1.807, 2.05) is 36.4 Å². The van der Waals surface area contributed by atoms with Crippen LogP contribution in [0.5, 0.6) is 0 Å². The molecule has 0 radical (unpaired) electrons. The molecule has 0 bridgehead atoms. The normalized spacial score (nSPS) is 16.7. The third-order valence-electron chi connectivity index (χ3n) is 3.42. The van der Waals surface area contributed by atoms with Crippen molar-refractivity contribution in [3.8, 4) is 0 Å². The third kappa shape index (κ3) is 3.11. The molecule has 1 fully saturated rings. The second-order valence-corrected chi connectivity index (χ2v) is 5.77. The topological polar surface area (TPSA) is 64.9 Å². The predicted octanol–water partition coefficient (Wildman–Crippen LogP) is 3.76. The van der Waals surface area contributed by atoms with Crippen LogP contribution in [0.1, 0.15) is 36.5 Å². The zero-order valence-electron chi connectivity index (χ0n) is 10.8. The summed E-state index contributed by atoms with van der Waals surface area (Å²) < 4.78 is 6.25. The minimum absolute atomic E-state index is 0. The van der Waals surface area contributed by atoms with Crippen molar-refractivity contribution in [2.45, 2.75) is 24.8 Å². The minimum Gasteiger partial charge on any atom is -0.335 e. The molecule has 1 heterocycles. The Balaban J connectivity index is 0.00000147. The second kappa shape index (κ2) is 6.08. The number of nitrogens with zero attached hydrogens (tertiary/aromatic N) is 2. The van der Waals surface area contributed by atoms with Crippen LogP contribution < -0.4 is 5.73 Å². The maximum atomic E-state index is 6.15. The minimum atomic E-state index is -0.368. The highest BCUT2D eigenvalue weighted by Crippen LogP contribution is 2.36. The monoisotopic (exact) mass is 355 g/mol. The van der Waals surface area contributed by atoms with Crippen LogP contribution in [-0.2, 0) is 5.54 Å². The van der Waals surface area contributed by atoms with E-state index in [0.717, 1.165) is 29.3 Å². The van der Waals surface area contributed by atoms with E-state index in [9.17, 15) is 0 Å². The van der Waals surface area contributed by atoms with E-state index in [1.54, 1.807) is 0 Å². The summed E-state index contributed by atoms with van der Waals surface area (Å²) >= 11 is 3.40. The van der Waals surface area contributed by atoms with Gasteiger partial charge in [-0.05, 0) is 43.0 Å². The number of aromatic nitrogens is 2. The van der Waals surface area contributed by atoms with E-state index in [-0.39, 0.29) is 17.9 Å². The van der Waals surface area contributed by atoms with Gasteiger partial charge in [-0.1, -0.05) is 33.2 Å². The first-order valence-corrected chi connectivity index (χ1v) is 7.02. The average Bonchev–Trinajstić information content (AvgIpc) is 2.84. The Hall–Kier alpha value is -1.17. The Bertz CT molecular complexity index is 605. The first kappa shape index (κ1) is 15.2. The highest BCUT2D eigenvalue weighted by atomic mass is 79.9. The maximum Gasteiger partial charge on any atom is 0.250 e. The zero-order chi connectivity index (χ0) is 13.3. The third-order valence-corrected chi connectivity index (χ3v) is 3.95. The van der Waals surface area contributed by atoms with Crippen molar-refractivity contribution in [1.82, 2.24) is 10.1 Å². The van der Waals surface area contributed by atoms with Gasteiger partial charge in [0.05, 0.1) is 5.54 Å². The van der Waals surface area contributed by atoms with Gasteiger partial charge in [-0.3, -0.25) is 0 Å². The molecule has 0 saturated heterocycles. The molecule has 1 saturated carbocycles. The Morgan fingerprint density at radius 3 is 2.50 bits per heavy atom. The molecular formula is C14H15BrClN3O. The van der Waals surface area contributed by atoms with E-state index in [4.69, 9.17) is 10.3 Å². The van der Waals surface area contributed by atoms with Crippen molar-refractivity contribution >= 4 is 40.5 Å². The Morgan fingerprint density at radius 2 is 1.90 bits per heavy atom. The molecule has 2 N–H and O–H groups in total. The Kier molecular flexibility index (Phi) is 4.62. The average molecular weight is 357 g/mol. The molecule has 20 heavy (non-hydrogen) atoms. The first-order valence-electron chi connectivity index (χ1n) is 6.22. The van der Waals surface area contributed by atoms with Crippen LogP contribution in [0.4, 0.5) is 0 Å². The van der Waals surface area contributed by atoms with Gasteiger partial charge in [0.15, 0.2) is 5.82 Å². The highest BCUT2D eigenvalue weighted by Gasteiger charge is 2.38. The first-order chi connectivity index (χ1) is 9.16. The standard InChI is InChI=1S/C14H14BrN3O.ClH/c15-11-5-2-10(3-6-11)4-7-12-17-13(18-19-12)14(16)8-1-9-14;/h2-7H,1,8-9,16H2;1H/b7-4+;. The number of nitrogens with two attached hydrogens (primary N) is 1. The Morgan fingerprint density at radius 1 is 1.20 bits per heavy atom. The van der Waals surface area contributed by atoms with E-state index >= 15 is 0 Å². The summed E-state index contributed by atoms with van der Waals surface area (Å²) in [5, 5.41) is 3.97. The van der Waals surface area contributed by atoms with Gasteiger partial charge in [0.1, 0.15) is 0 Å². The number of rotatable bonds is 3. The van der Waals surface area contributed by atoms with Crippen molar-refractivity contribution in [3.63, 3.8) is 0 Å². The van der Waals surface area contributed by atoms with Crippen molar-refractivity contribution in [3.05, 3.63) is 46.0 Å². The maximum absolute atomic E-state index is 6.15. The largest absolute Gasteiger partial charge is 0.335 e. The lowest BCUT2D eigenvalue weighted by Gasteiger charge is -2.34. The lowest BCUT2D eigenvalue weighted by molar-refractivity contribution is 0.229. The number of hydrogen-bond donors (Lipinski definition) is 1. The van der Waals surface area contributed by atoms with Crippen LogP contribution in [0.2, 0.25) is 0 Å². The molecule has 1 aliphatic carbocycles. The molecule has 0 unspecified atom stereocenters. The van der Waals surface area contributed by atoms with Crippen molar-refractivity contribution in [1.29, 1.82) is 0 Å². The van der Waals surface area contributed by atoms with Gasteiger partial charge in [0.25, 0.3) is 5.89 Å². The molecule has 0 aliphatic heterocycles. The summed E-state index contributed by atoms with van der Waals surface area (Å²) in [6.45, 7) is 0. The number of benzene rings is 1. The molecule has 4 nitrogen and oxygen atoms in total. The van der Waals surface area contributed by atoms with Gasteiger partial charge in [-0.25, -0.2) is 0 Å². The summed E-state index contributed by atoms with van der Waals surface area (Å²) in [7, 11) is 0. The van der Waals surface area contributed by atoms with Crippen molar-refractivity contribution in [2.24, 2.45) is 5.73 Å². The molecule has 106 valence electrons. The highest BCUT2D eigenvalue weighted by molar-refractivity contribution is 9.10. The van der Waals surface area contributed by atoms with E-state index in [1.165, 1.54) is 0 Å². The summed E-state index contributed by atoms with van der Waals surface area (Å²) in [4.78, 5) is 4.34. The smallest absolute Gasteiger partial charge is 0.250 e. The molecule has 2 aromatic rings. The lowest BCUT2D eigenvalue weighted by atomic mass is 9.77. The van der Waals surface area contributed by atoms with Crippen LogP contribution >= 0.6 is 28.3 Å². The van der Waals surface area contributed by atoms with E-state index in [2.05, 4.69) is 26.1 Å². The predicted molar refractivity (Wildman–Crippen MR) is 84.3 cm³/mol. The van der Waals surface area contributed by atoms with Gasteiger partial charge >= 0.3 is 0 Å². The van der Waals surface area contributed by atoms with Crippen LogP contribution in [-0.4, -0.2) is 10.1 Å². The molecular weight excluding hydrogens is 342 g/mol. The fourth-order valence-corrected chi connectivity index (χ4v) is 2.29. The molecule has 3 rings (SSSR count). The number of hydrogen-bond acceptors (Lipinski definition) is 4. The fourth-order valence-electron chi connectivity index (χ4n) is 2.03. The molecule has 6 heteroatoms. The van der Waals surface area contributed by atoms with Gasteiger partial charge in [0, 0.05) is 10.5 Å². The van der Waals surface area contributed by atoms with E-state index in [0.29, 0.717) is 11.7 Å². The number of halogens is 2. The summed E-state index contributed by atoms with van der Waals surface area (Å²) in [6, 6.07) is 7.99. The van der Waals surface area contributed by atoms with Gasteiger partial charge < -0.3 is 10.3 Å². The molecule has 0 amide bonds. The molecule has 0 spiro atoms. The van der Waals surface area contributed by atoms with Crippen LogP contribution in [0, 0.1) is 0 Å². The molecule has 1 aliphatic rings. The summed E-state index contributed by atoms with van der Waals surface area (Å²) in [5.74, 6) is 1.11.